The van der Waals surface area contributed by atoms with E-state index in [1.165, 1.54) is 5.56 Å². The summed E-state index contributed by atoms with van der Waals surface area (Å²) in [4.78, 5) is 0. The molecule has 13 heavy (non-hydrogen) atoms. The summed E-state index contributed by atoms with van der Waals surface area (Å²) in [7, 11) is 1.91. The Morgan fingerprint density at radius 3 is 2.38 bits per heavy atom. The highest BCUT2D eigenvalue weighted by Gasteiger charge is 1.97. The first-order valence-electron chi connectivity index (χ1n) is 4.06. The maximum atomic E-state index is 10.8. The van der Waals surface area contributed by atoms with Crippen LogP contribution in [0, 0.1) is 0 Å². The zero-order valence-corrected chi connectivity index (χ0v) is 8.65. The summed E-state index contributed by atoms with van der Waals surface area (Å²) in [6.45, 7) is 0.857. The van der Waals surface area contributed by atoms with Crippen LogP contribution in [0.2, 0.25) is 0 Å². The summed E-state index contributed by atoms with van der Waals surface area (Å²) in [5.41, 5.74) is 2.11. The third-order valence-electron chi connectivity index (χ3n) is 1.60. The Kier molecular flexibility index (Phi) is 4.08. The maximum absolute atomic E-state index is 10.8. The zero-order chi connectivity index (χ0) is 9.68. The predicted octanol–water partition coefficient (Wildman–Crippen LogP) is 1.11. The molecular weight excluding hydrogens is 184 g/mol. The van der Waals surface area contributed by atoms with Crippen LogP contribution in [-0.2, 0) is 17.9 Å². The fourth-order valence-corrected chi connectivity index (χ4v) is 1.53. The molecule has 0 aliphatic carbocycles. The van der Waals surface area contributed by atoms with Crippen LogP contribution in [0.1, 0.15) is 5.56 Å². The highest BCUT2D eigenvalue weighted by Crippen LogP contribution is 2.10. The van der Waals surface area contributed by atoms with Crippen LogP contribution < -0.4 is 10.0 Å². The molecule has 0 heterocycles. The van der Waals surface area contributed by atoms with E-state index in [1.807, 2.05) is 31.3 Å². The Bertz CT molecular complexity index is 248. The van der Waals surface area contributed by atoms with Gasteiger partial charge in [0.1, 0.15) is 6.26 Å². The molecular formula is C9H14N2OS. The molecule has 0 saturated heterocycles. The minimum absolute atomic E-state index is 0.857. The summed E-state index contributed by atoms with van der Waals surface area (Å²) in [5, 5.41) is 3.06. The van der Waals surface area contributed by atoms with Crippen molar-refractivity contribution in [2.45, 2.75) is 6.54 Å². The molecule has 0 amide bonds. The molecule has 0 aromatic heterocycles. The van der Waals surface area contributed by atoms with Crippen molar-refractivity contribution < 1.29 is 4.55 Å². The lowest BCUT2D eigenvalue weighted by Crippen LogP contribution is -2.10. The van der Waals surface area contributed by atoms with Crippen molar-refractivity contribution >= 4 is 17.0 Å². The summed E-state index contributed by atoms with van der Waals surface area (Å²) in [6, 6.07) is 7.86. The Labute approximate surface area is 81.9 Å². The largest absolute Gasteiger partial charge is 0.593 e. The predicted molar refractivity (Wildman–Crippen MR) is 56.9 cm³/mol. The second-order valence-corrected chi connectivity index (χ2v) is 3.90. The minimum Gasteiger partial charge on any atom is -0.593 e. The lowest BCUT2D eigenvalue weighted by Gasteiger charge is -2.07. The molecule has 4 heteroatoms. The monoisotopic (exact) mass is 198 g/mol. The number of nitrogens with one attached hydrogen (secondary N) is 2. The molecule has 3 nitrogen and oxygen atoms in total. The third-order valence-corrected chi connectivity index (χ3v) is 2.12. The molecule has 0 aliphatic rings. The Morgan fingerprint density at radius 2 is 1.92 bits per heavy atom. The van der Waals surface area contributed by atoms with E-state index < -0.39 is 11.4 Å². The first kappa shape index (κ1) is 10.4. The molecule has 0 saturated carbocycles. The van der Waals surface area contributed by atoms with E-state index in [0.29, 0.717) is 0 Å². The standard InChI is InChI=1S/C9H14N2OS/c1-10-7-8-3-5-9(6-4-8)11-13(2)12/h3-6,10-11H,7H2,1-2H3. The number of hydrogen-bond donors (Lipinski definition) is 2. The first-order chi connectivity index (χ1) is 6.22. The van der Waals surface area contributed by atoms with Crippen molar-refractivity contribution in [2.24, 2.45) is 0 Å². The summed E-state index contributed by atoms with van der Waals surface area (Å²) >= 11 is -0.993. The molecule has 1 aromatic rings. The van der Waals surface area contributed by atoms with Crippen LogP contribution >= 0.6 is 0 Å². The van der Waals surface area contributed by atoms with Gasteiger partial charge < -0.3 is 9.87 Å². The topological polar surface area (TPSA) is 47.1 Å². The van der Waals surface area contributed by atoms with Gasteiger partial charge in [-0.05, 0) is 24.7 Å². The Morgan fingerprint density at radius 1 is 1.31 bits per heavy atom. The number of hydrogen-bond acceptors (Lipinski definition) is 3. The van der Waals surface area contributed by atoms with Gasteiger partial charge in [0.2, 0.25) is 0 Å². The van der Waals surface area contributed by atoms with Crippen molar-refractivity contribution in [2.75, 3.05) is 18.0 Å². The van der Waals surface area contributed by atoms with Crippen molar-refractivity contribution in [3.8, 4) is 0 Å². The first-order valence-corrected chi connectivity index (χ1v) is 5.62. The van der Waals surface area contributed by atoms with E-state index >= 15 is 0 Å². The second kappa shape index (κ2) is 5.11. The lowest BCUT2D eigenvalue weighted by atomic mass is 10.2. The number of rotatable bonds is 4. The van der Waals surface area contributed by atoms with Gasteiger partial charge in [0.25, 0.3) is 0 Å². The van der Waals surface area contributed by atoms with Crippen molar-refractivity contribution in [3.05, 3.63) is 29.8 Å². The van der Waals surface area contributed by atoms with E-state index in [1.54, 1.807) is 6.26 Å². The molecule has 0 fully saturated rings. The molecule has 0 bridgehead atoms. The lowest BCUT2D eigenvalue weighted by molar-refractivity contribution is 0.605. The molecule has 0 spiro atoms. The van der Waals surface area contributed by atoms with E-state index in [-0.39, 0.29) is 0 Å². The average Bonchev–Trinajstić information content (AvgIpc) is 2.08. The molecule has 0 aliphatic heterocycles. The van der Waals surface area contributed by atoms with Crippen LogP contribution in [0.5, 0.6) is 0 Å². The van der Waals surface area contributed by atoms with Crippen LogP contribution in [0.15, 0.2) is 24.3 Å². The zero-order valence-electron chi connectivity index (χ0n) is 7.83. The van der Waals surface area contributed by atoms with Gasteiger partial charge in [-0.2, -0.15) is 0 Å². The van der Waals surface area contributed by atoms with E-state index in [0.717, 1.165) is 12.2 Å². The van der Waals surface area contributed by atoms with Crippen LogP contribution in [0.4, 0.5) is 5.69 Å². The molecule has 1 rings (SSSR count). The van der Waals surface area contributed by atoms with Gasteiger partial charge in [0.15, 0.2) is 0 Å². The smallest absolute Gasteiger partial charge is 0.121 e. The summed E-state index contributed by atoms with van der Waals surface area (Å²) < 4.78 is 13.6. The Hall–Kier alpha value is -0.710. The van der Waals surface area contributed by atoms with Crippen LogP contribution in [0.25, 0.3) is 0 Å². The summed E-state index contributed by atoms with van der Waals surface area (Å²) in [5.74, 6) is 0. The molecule has 0 radical (unpaired) electrons. The van der Waals surface area contributed by atoms with E-state index in [2.05, 4.69) is 10.0 Å². The van der Waals surface area contributed by atoms with Crippen molar-refractivity contribution in [3.63, 3.8) is 0 Å². The van der Waals surface area contributed by atoms with Gasteiger partial charge in [-0.15, -0.1) is 0 Å². The third kappa shape index (κ3) is 3.67. The van der Waals surface area contributed by atoms with Gasteiger partial charge in [-0.1, -0.05) is 12.1 Å². The van der Waals surface area contributed by atoms with Gasteiger partial charge in [-0.3, -0.25) is 0 Å². The normalized spacial score (nSPS) is 12.5. The van der Waals surface area contributed by atoms with Gasteiger partial charge in [0, 0.05) is 6.54 Å². The molecule has 1 atom stereocenters. The van der Waals surface area contributed by atoms with E-state index in [4.69, 9.17) is 0 Å². The van der Waals surface area contributed by atoms with Crippen LogP contribution in [-0.4, -0.2) is 17.9 Å². The van der Waals surface area contributed by atoms with Gasteiger partial charge in [0.05, 0.1) is 17.0 Å². The fraction of sp³-hybridized carbons (Fsp3) is 0.333. The molecule has 72 valence electrons. The Balaban J connectivity index is 2.59. The molecule has 1 unspecified atom stereocenters. The second-order valence-electron chi connectivity index (χ2n) is 2.78. The van der Waals surface area contributed by atoms with Crippen molar-refractivity contribution in [1.82, 2.24) is 5.32 Å². The quantitative estimate of drug-likeness (QED) is 0.712. The highest BCUT2D eigenvalue weighted by atomic mass is 32.2. The molecule has 1 aromatic carbocycles. The highest BCUT2D eigenvalue weighted by molar-refractivity contribution is 7.92. The van der Waals surface area contributed by atoms with Gasteiger partial charge in [-0.25, -0.2) is 4.72 Å². The average molecular weight is 198 g/mol. The number of benzene rings is 1. The SMILES string of the molecule is CNCc1ccc(N[S+](C)[O-])cc1. The van der Waals surface area contributed by atoms with Gasteiger partial charge >= 0.3 is 0 Å². The van der Waals surface area contributed by atoms with E-state index in [9.17, 15) is 4.55 Å². The minimum atomic E-state index is -0.993. The maximum Gasteiger partial charge on any atom is 0.121 e. The van der Waals surface area contributed by atoms with Crippen LogP contribution in [0.3, 0.4) is 0 Å². The fourth-order valence-electron chi connectivity index (χ4n) is 1.06. The summed E-state index contributed by atoms with van der Waals surface area (Å²) in [6.07, 6.45) is 1.61. The number of anilines is 1. The molecule has 2 N–H and O–H groups in total. The van der Waals surface area contributed by atoms with Crippen molar-refractivity contribution in [1.29, 1.82) is 0 Å².